The lowest BCUT2D eigenvalue weighted by Crippen LogP contribution is -2.21. The number of nitrogens with zero attached hydrogens (tertiary/aromatic N) is 2. The van der Waals surface area contributed by atoms with E-state index in [9.17, 15) is 4.79 Å². The third kappa shape index (κ3) is 3.51. The summed E-state index contributed by atoms with van der Waals surface area (Å²) in [5.74, 6) is 1.92. The molecule has 6 nitrogen and oxygen atoms in total. The van der Waals surface area contributed by atoms with Crippen molar-refractivity contribution >= 4 is 17.5 Å². The predicted octanol–water partition coefficient (Wildman–Crippen LogP) is 3.56. The minimum atomic E-state index is -0.457. The van der Waals surface area contributed by atoms with Gasteiger partial charge in [0.25, 0.3) is 11.1 Å². The first-order valence-corrected chi connectivity index (χ1v) is 8.71. The molecule has 2 heterocycles. The van der Waals surface area contributed by atoms with Crippen LogP contribution in [0.2, 0.25) is 0 Å². The van der Waals surface area contributed by atoms with Crippen LogP contribution in [0.25, 0.3) is 0 Å². The summed E-state index contributed by atoms with van der Waals surface area (Å²) in [6, 6.07) is 16.5. The molecule has 0 radical (unpaired) electrons. The average Bonchev–Trinajstić information content (AvgIpc) is 3.15. The number of ether oxygens (including phenoxy) is 2. The second-order valence-electron chi connectivity index (χ2n) is 5.35. The lowest BCUT2D eigenvalue weighted by Gasteiger charge is -2.23. The average molecular weight is 354 g/mol. The van der Waals surface area contributed by atoms with E-state index in [4.69, 9.17) is 13.9 Å². The Morgan fingerprint density at radius 1 is 1.04 bits per heavy atom. The standard InChI is InChI=1S/C18H14N2O4S/c21-13(12-6-2-1-3-7-12)11-25-18-20-19-17(24-18)16-10-22-14-8-4-5-9-15(14)23-16/h1-9,16H,10-11H2/t16-/m1/s1. The van der Waals surface area contributed by atoms with Crippen LogP contribution in [0.1, 0.15) is 22.4 Å². The molecule has 0 saturated heterocycles. The highest BCUT2D eigenvalue weighted by molar-refractivity contribution is 7.99. The zero-order valence-electron chi connectivity index (χ0n) is 13.1. The van der Waals surface area contributed by atoms with Crippen LogP contribution >= 0.6 is 11.8 Å². The highest BCUT2D eigenvalue weighted by Crippen LogP contribution is 2.35. The van der Waals surface area contributed by atoms with Crippen molar-refractivity contribution in [3.8, 4) is 11.5 Å². The fraction of sp³-hybridized carbons (Fsp3) is 0.167. The summed E-state index contributed by atoms with van der Waals surface area (Å²) in [4.78, 5) is 12.1. The van der Waals surface area contributed by atoms with E-state index in [1.165, 1.54) is 11.8 Å². The summed E-state index contributed by atoms with van der Waals surface area (Å²) in [5, 5.41) is 8.32. The number of ketones is 1. The van der Waals surface area contributed by atoms with Gasteiger partial charge in [-0.05, 0) is 12.1 Å². The lowest BCUT2D eigenvalue weighted by molar-refractivity contribution is 0.0686. The summed E-state index contributed by atoms with van der Waals surface area (Å²) in [7, 11) is 0. The fourth-order valence-electron chi connectivity index (χ4n) is 2.38. The van der Waals surface area contributed by atoms with Crippen molar-refractivity contribution in [1.29, 1.82) is 0 Å². The molecule has 0 spiro atoms. The number of Topliss-reactive ketones (excluding diaryl/α,β-unsaturated/α-hetero) is 1. The summed E-state index contributed by atoms with van der Waals surface area (Å²) >= 11 is 1.21. The van der Waals surface area contributed by atoms with Crippen LogP contribution in [-0.2, 0) is 0 Å². The molecule has 7 heteroatoms. The molecular formula is C18H14N2O4S. The molecule has 0 fully saturated rings. The van der Waals surface area contributed by atoms with E-state index in [2.05, 4.69) is 10.2 Å². The first-order chi connectivity index (χ1) is 12.3. The van der Waals surface area contributed by atoms with Crippen LogP contribution in [-0.4, -0.2) is 28.3 Å². The number of thioether (sulfide) groups is 1. The quantitative estimate of drug-likeness (QED) is 0.512. The maximum atomic E-state index is 12.1. The van der Waals surface area contributed by atoms with Gasteiger partial charge in [0.15, 0.2) is 17.3 Å². The van der Waals surface area contributed by atoms with Crippen LogP contribution in [0.5, 0.6) is 11.5 Å². The number of rotatable bonds is 5. The third-order valence-corrected chi connectivity index (χ3v) is 4.45. The van der Waals surface area contributed by atoms with Gasteiger partial charge < -0.3 is 13.9 Å². The molecule has 0 N–H and O–H groups in total. The number of carbonyl (C=O) groups excluding carboxylic acids is 1. The monoisotopic (exact) mass is 354 g/mol. The Morgan fingerprint density at radius 3 is 2.64 bits per heavy atom. The van der Waals surface area contributed by atoms with E-state index in [1.54, 1.807) is 12.1 Å². The summed E-state index contributed by atoms with van der Waals surface area (Å²) in [5.41, 5.74) is 0.662. The van der Waals surface area contributed by atoms with Gasteiger partial charge in [-0.25, -0.2) is 0 Å². The van der Waals surface area contributed by atoms with Crippen LogP contribution in [0.4, 0.5) is 0 Å². The number of benzene rings is 2. The van der Waals surface area contributed by atoms with Gasteiger partial charge in [0.05, 0.1) is 5.75 Å². The van der Waals surface area contributed by atoms with E-state index in [1.807, 2.05) is 42.5 Å². The van der Waals surface area contributed by atoms with Crippen molar-refractivity contribution in [3.05, 3.63) is 66.1 Å². The molecule has 0 aliphatic carbocycles. The van der Waals surface area contributed by atoms with Gasteiger partial charge in [0.2, 0.25) is 6.10 Å². The first kappa shape index (κ1) is 15.7. The molecule has 0 bridgehead atoms. The normalized spacial score (nSPS) is 15.8. The van der Waals surface area contributed by atoms with Crippen molar-refractivity contribution in [1.82, 2.24) is 10.2 Å². The maximum Gasteiger partial charge on any atom is 0.277 e. The van der Waals surface area contributed by atoms with E-state index in [0.29, 0.717) is 34.8 Å². The SMILES string of the molecule is O=C(CSc1nnc([C@H]2COc3ccccc3O2)o1)c1ccccc1. The minimum absolute atomic E-state index is 0.0107. The highest BCUT2D eigenvalue weighted by Gasteiger charge is 2.27. The molecule has 1 aliphatic heterocycles. The number of fused-ring (bicyclic) bond motifs is 1. The number of hydrogen-bond donors (Lipinski definition) is 0. The van der Waals surface area contributed by atoms with Gasteiger partial charge >= 0.3 is 0 Å². The summed E-state index contributed by atoms with van der Waals surface area (Å²) in [6.07, 6.45) is -0.457. The van der Waals surface area contributed by atoms with E-state index < -0.39 is 6.10 Å². The summed E-state index contributed by atoms with van der Waals surface area (Å²) < 4.78 is 17.1. The molecular weight excluding hydrogens is 340 g/mol. The predicted molar refractivity (Wildman–Crippen MR) is 91.1 cm³/mol. The first-order valence-electron chi connectivity index (χ1n) is 7.72. The number of para-hydroxylation sites is 2. The lowest BCUT2D eigenvalue weighted by atomic mass is 10.2. The van der Waals surface area contributed by atoms with Crippen LogP contribution < -0.4 is 9.47 Å². The smallest absolute Gasteiger partial charge is 0.277 e. The van der Waals surface area contributed by atoms with Crippen molar-refractivity contribution in [2.24, 2.45) is 0 Å². The minimum Gasteiger partial charge on any atom is -0.485 e. The molecule has 2 aromatic carbocycles. The van der Waals surface area contributed by atoms with Gasteiger partial charge in [0.1, 0.15) is 6.61 Å². The molecule has 1 aromatic heterocycles. The van der Waals surface area contributed by atoms with Crippen molar-refractivity contribution in [2.75, 3.05) is 12.4 Å². The Morgan fingerprint density at radius 2 is 1.80 bits per heavy atom. The van der Waals surface area contributed by atoms with Crippen molar-refractivity contribution in [2.45, 2.75) is 11.3 Å². The van der Waals surface area contributed by atoms with E-state index in [-0.39, 0.29) is 11.5 Å². The van der Waals surface area contributed by atoms with Crippen LogP contribution in [0, 0.1) is 0 Å². The largest absolute Gasteiger partial charge is 0.485 e. The van der Waals surface area contributed by atoms with Gasteiger partial charge in [-0.2, -0.15) is 0 Å². The van der Waals surface area contributed by atoms with Crippen molar-refractivity contribution in [3.63, 3.8) is 0 Å². The molecule has 4 rings (SSSR count). The number of carbonyl (C=O) groups is 1. The number of aromatic nitrogens is 2. The maximum absolute atomic E-state index is 12.1. The van der Waals surface area contributed by atoms with Gasteiger partial charge in [-0.3, -0.25) is 4.79 Å². The third-order valence-electron chi connectivity index (χ3n) is 3.63. The topological polar surface area (TPSA) is 74.5 Å². The van der Waals surface area contributed by atoms with Gasteiger partial charge in [-0.1, -0.05) is 54.2 Å². The van der Waals surface area contributed by atoms with Crippen molar-refractivity contribution < 1.29 is 18.7 Å². The summed E-state index contributed by atoms with van der Waals surface area (Å²) in [6.45, 7) is 0.298. The fourth-order valence-corrected chi connectivity index (χ4v) is 3.05. The van der Waals surface area contributed by atoms with E-state index >= 15 is 0 Å². The molecule has 1 aliphatic rings. The Kier molecular flexibility index (Phi) is 4.39. The van der Waals surface area contributed by atoms with Gasteiger partial charge in [-0.15, -0.1) is 10.2 Å². The van der Waals surface area contributed by atoms with Gasteiger partial charge in [0, 0.05) is 5.56 Å². The van der Waals surface area contributed by atoms with E-state index in [0.717, 1.165) is 0 Å². The second-order valence-corrected chi connectivity index (χ2v) is 6.27. The molecule has 3 aromatic rings. The molecule has 0 saturated carbocycles. The molecule has 25 heavy (non-hydrogen) atoms. The zero-order valence-corrected chi connectivity index (χ0v) is 13.9. The molecule has 0 unspecified atom stereocenters. The number of hydrogen-bond acceptors (Lipinski definition) is 7. The molecule has 1 atom stereocenters. The highest BCUT2D eigenvalue weighted by atomic mass is 32.2. The zero-order chi connectivity index (χ0) is 17.1. The molecule has 126 valence electrons. The second kappa shape index (κ2) is 6.98. The van der Waals surface area contributed by atoms with Crippen LogP contribution in [0.15, 0.2) is 64.2 Å². The Labute approximate surface area is 148 Å². The van der Waals surface area contributed by atoms with Crippen LogP contribution in [0.3, 0.4) is 0 Å². The molecule has 0 amide bonds. The Hall–Kier alpha value is -2.80. The Bertz CT molecular complexity index is 882. The Balaban J connectivity index is 1.39.